The van der Waals surface area contributed by atoms with E-state index < -0.39 is 9.84 Å². The van der Waals surface area contributed by atoms with Gasteiger partial charge in [0.1, 0.15) is 21.4 Å². The average Bonchev–Trinajstić information content (AvgIpc) is 2.68. The van der Waals surface area contributed by atoms with Crippen molar-refractivity contribution in [2.75, 3.05) is 24.3 Å². The molecule has 98 valence electrons. The molecule has 0 amide bonds. The zero-order chi connectivity index (χ0) is 12.7. The minimum Gasteiger partial charge on any atom is -0.464 e. The van der Waals surface area contributed by atoms with Gasteiger partial charge in [0.2, 0.25) is 0 Å². The molecule has 0 fully saturated rings. The molecule has 1 rings (SSSR count). The summed E-state index contributed by atoms with van der Waals surface area (Å²) in [6, 6.07) is 3.90. The molecule has 1 aromatic rings. The van der Waals surface area contributed by atoms with Gasteiger partial charge in [-0.15, -0.1) is 0 Å². The van der Waals surface area contributed by atoms with Crippen molar-refractivity contribution in [1.82, 2.24) is 5.32 Å². The third-order valence-electron chi connectivity index (χ3n) is 2.11. The van der Waals surface area contributed by atoms with Crippen molar-refractivity contribution in [2.24, 2.45) is 0 Å². The van der Waals surface area contributed by atoms with E-state index in [4.69, 9.17) is 4.42 Å². The number of thioether (sulfide) groups is 1. The van der Waals surface area contributed by atoms with Gasteiger partial charge in [-0.05, 0) is 18.7 Å². The first-order chi connectivity index (χ1) is 8.01. The molecular weight excluding hydrogens is 258 g/mol. The first kappa shape index (κ1) is 14.6. The second-order valence-corrected chi connectivity index (χ2v) is 7.20. The van der Waals surface area contributed by atoms with Gasteiger partial charge in [0.15, 0.2) is 0 Å². The van der Waals surface area contributed by atoms with Crippen LogP contribution in [-0.4, -0.2) is 32.7 Å². The standard InChI is InChI=1S/C11H19NO3S2/c1-3-12-8-10-4-5-11(15-10)9-16-6-7-17(2,13)14/h4-5,12H,3,6-9H2,1-2H3. The molecule has 0 bridgehead atoms. The fourth-order valence-corrected chi connectivity index (χ4v) is 3.41. The van der Waals surface area contributed by atoms with E-state index in [2.05, 4.69) is 5.32 Å². The second-order valence-electron chi connectivity index (χ2n) is 3.83. The molecule has 0 spiro atoms. The fraction of sp³-hybridized carbons (Fsp3) is 0.636. The zero-order valence-electron chi connectivity index (χ0n) is 10.2. The van der Waals surface area contributed by atoms with Crippen molar-refractivity contribution < 1.29 is 12.8 Å². The van der Waals surface area contributed by atoms with Gasteiger partial charge in [0.25, 0.3) is 0 Å². The van der Waals surface area contributed by atoms with Crippen LogP contribution in [0.5, 0.6) is 0 Å². The third-order valence-corrected chi connectivity index (χ3v) is 4.29. The Morgan fingerprint density at radius 3 is 2.71 bits per heavy atom. The molecule has 0 aliphatic heterocycles. The Labute approximate surface area is 107 Å². The summed E-state index contributed by atoms with van der Waals surface area (Å²) >= 11 is 1.58. The van der Waals surface area contributed by atoms with Crippen LogP contribution in [0.1, 0.15) is 18.4 Å². The first-order valence-corrected chi connectivity index (χ1v) is 8.76. The predicted octanol–water partition coefficient (Wildman–Crippen LogP) is 1.67. The van der Waals surface area contributed by atoms with Gasteiger partial charge >= 0.3 is 0 Å². The highest BCUT2D eigenvalue weighted by Crippen LogP contribution is 2.15. The van der Waals surface area contributed by atoms with Gasteiger partial charge in [-0.1, -0.05) is 6.92 Å². The Bertz CT molecular complexity index is 426. The predicted molar refractivity (Wildman–Crippen MR) is 72.0 cm³/mol. The molecule has 0 aromatic carbocycles. The summed E-state index contributed by atoms with van der Waals surface area (Å²) in [6.45, 7) is 3.70. The first-order valence-electron chi connectivity index (χ1n) is 5.55. The Morgan fingerprint density at radius 1 is 1.35 bits per heavy atom. The van der Waals surface area contributed by atoms with Crippen molar-refractivity contribution in [3.05, 3.63) is 23.7 Å². The number of furan rings is 1. The molecule has 1 aromatic heterocycles. The monoisotopic (exact) mass is 277 g/mol. The molecule has 0 aliphatic rings. The third kappa shape index (κ3) is 6.75. The number of hydrogen-bond acceptors (Lipinski definition) is 5. The summed E-state index contributed by atoms with van der Waals surface area (Å²) in [7, 11) is -2.85. The Hall–Kier alpha value is -0.460. The highest BCUT2D eigenvalue weighted by Gasteiger charge is 2.04. The van der Waals surface area contributed by atoms with Crippen LogP contribution in [0.2, 0.25) is 0 Å². The summed E-state index contributed by atoms with van der Waals surface area (Å²) in [5, 5.41) is 3.19. The Kier molecular flexibility index (Phi) is 6.08. The van der Waals surface area contributed by atoms with Crippen LogP contribution in [-0.2, 0) is 22.1 Å². The summed E-state index contributed by atoms with van der Waals surface area (Å²) in [6.07, 6.45) is 1.26. The second kappa shape index (κ2) is 7.08. The van der Waals surface area contributed by atoms with Gasteiger partial charge in [0.05, 0.1) is 18.1 Å². The molecule has 0 radical (unpaired) electrons. The Morgan fingerprint density at radius 2 is 2.06 bits per heavy atom. The van der Waals surface area contributed by atoms with E-state index in [-0.39, 0.29) is 5.75 Å². The lowest BCUT2D eigenvalue weighted by atomic mass is 10.4. The fourth-order valence-electron chi connectivity index (χ4n) is 1.23. The van der Waals surface area contributed by atoms with E-state index in [1.54, 1.807) is 11.8 Å². The van der Waals surface area contributed by atoms with E-state index in [0.717, 1.165) is 30.4 Å². The van der Waals surface area contributed by atoms with Crippen LogP contribution < -0.4 is 5.32 Å². The minimum absolute atomic E-state index is 0.225. The van der Waals surface area contributed by atoms with Crippen LogP contribution in [0.15, 0.2) is 16.5 Å². The lowest BCUT2D eigenvalue weighted by Gasteiger charge is -1.99. The molecule has 0 unspecified atom stereocenters. The summed E-state index contributed by atoms with van der Waals surface area (Å²) < 4.78 is 27.4. The molecule has 0 aliphatic carbocycles. The molecule has 1 heterocycles. The molecular formula is C11H19NO3S2. The van der Waals surface area contributed by atoms with E-state index >= 15 is 0 Å². The number of rotatable bonds is 8. The van der Waals surface area contributed by atoms with Crippen LogP contribution in [0, 0.1) is 0 Å². The van der Waals surface area contributed by atoms with Crippen molar-refractivity contribution >= 4 is 21.6 Å². The summed E-state index contributed by atoms with van der Waals surface area (Å²) in [5.41, 5.74) is 0. The maximum atomic E-state index is 10.9. The van der Waals surface area contributed by atoms with Gasteiger partial charge in [-0.2, -0.15) is 11.8 Å². The maximum Gasteiger partial charge on any atom is 0.148 e. The number of sulfone groups is 1. The Balaban J connectivity index is 2.25. The van der Waals surface area contributed by atoms with Crippen molar-refractivity contribution in [1.29, 1.82) is 0 Å². The SMILES string of the molecule is CCNCc1ccc(CSCCS(C)(=O)=O)o1. The molecule has 0 saturated carbocycles. The van der Waals surface area contributed by atoms with Gasteiger partial charge in [0, 0.05) is 12.0 Å². The molecule has 0 atom stereocenters. The van der Waals surface area contributed by atoms with E-state index in [0.29, 0.717) is 5.75 Å². The molecule has 6 heteroatoms. The molecule has 1 N–H and O–H groups in total. The maximum absolute atomic E-state index is 10.9. The highest BCUT2D eigenvalue weighted by molar-refractivity contribution is 7.99. The molecule has 4 nitrogen and oxygen atoms in total. The largest absolute Gasteiger partial charge is 0.464 e. The minimum atomic E-state index is -2.85. The lowest BCUT2D eigenvalue weighted by Crippen LogP contribution is -2.10. The number of nitrogens with one attached hydrogen (secondary N) is 1. The number of hydrogen-bond donors (Lipinski definition) is 1. The smallest absolute Gasteiger partial charge is 0.148 e. The zero-order valence-corrected chi connectivity index (χ0v) is 11.9. The van der Waals surface area contributed by atoms with Gasteiger partial charge in [-0.25, -0.2) is 8.42 Å². The van der Waals surface area contributed by atoms with Gasteiger partial charge in [-0.3, -0.25) is 0 Å². The normalized spacial score (nSPS) is 11.9. The van der Waals surface area contributed by atoms with E-state index in [1.165, 1.54) is 6.26 Å². The van der Waals surface area contributed by atoms with Crippen molar-refractivity contribution in [3.8, 4) is 0 Å². The lowest BCUT2D eigenvalue weighted by molar-refractivity contribution is 0.463. The molecule has 0 saturated heterocycles. The van der Waals surface area contributed by atoms with Crippen LogP contribution in [0.4, 0.5) is 0 Å². The van der Waals surface area contributed by atoms with Crippen LogP contribution in [0.3, 0.4) is 0 Å². The summed E-state index contributed by atoms with van der Waals surface area (Å²) in [5.74, 6) is 3.38. The topological polar surface area (TPSA) is 59.3 Å². The van der Waals surface area contributed by atoms with Crippen LogP contribution >= 0.6 is 11.8 Å². The van der Waals surface area contributed by atoms with Crippen molar-refractivity contribution in [2.45, 2.75) is 19.2 Å². The summed E-state index contributed by atoms with van der Waals surface area (Å²) in [4.78, 5) is 0. The van der Waals surface area contributed by atoms with Crippen molar-refractivity contribution in [3.63, 3.8) is 0 Å². The van der Waals surface area contributed by atoms with Gasteiger partial charge < -0.3 is 9.73 Å². The van der Waals surface area contributed by atoms with E-state index in [1.807, 2.05) is 19.1 Å². The highest BCUT2D eigenvalue weighted by atomic mass is 32.2. The average molecular weight is 277 g/mol. The van der Waals surface area contributed by atoms with E-state index in [9.17, 15) is 8.42 Å². The quantitative estimate of drug-likeness (QED) is 0.732. The van der Waals surface area contributed by atoms with Crippen LogP contribution in [0.25, 0.3) is 0 Å². The molecule has 17 heavy (non-hydrogen) atoms.